The average Bonchev–Trinajstić information content (AvgIpc) is 2.55. The first-order valence-electron chi connectivity index (χ1n) is 7.60. The van der Waals surface area contributed by atoms with Crippen LogP contribution in [0.15, 0.2) is 70.7 Å². The summed E-state index contributed by atoms with van der Waals surface area (Å²) >= 11 is 1.67. The number of hydrogen-bond donors (Lipinski definition) is 0. The van der Waals surface area contributed by atoms with Crippen LogP contribution in [-0.4, -0.2) is 9.97 Å². The van der Waals surface area contributed by atoms with Crippen LogP contribution in [0.2, 0.25) is 0 Å². The van der Waals surface area contributed by atoms with Crippen LogP contribution in [0.3, 0.4) is 0 Å². The topological polar surface area (TPSA) is 25.8 Å². The van der Waals surface area contributed by atoms with Gasteiger partial charge >= 0.3 is 0 Å². The van der Waals surface area contributed by atoms with Gasteiger partial charge in [-0.05, 0) is 48.4 Å². The van der Waals surface area contributed by atoms with E-state index in [-0.39, 0.29) is 0 Å². The summed E-state index contributed by atoms with van der Waals surface area (Å²) < 4.78 is 0. The lowest BCUT2D eigenvalue weighted by Gasteiger charge is -2.07. The smallest absolute Gasteiger partial charge is 0.120 e. The quantitative estimate of drug-likeness (QED) is 0.453. The molecule has 3 aromatic carbocycles. The van der Waals surface area contributed by atoms with Crippen LogP contribution >= 0.6 is 11.8 Å². The fourth-order valence-electron chi connectivity index (χ4n) is 2.76. The largest absolute Gasteiger partial charge is 0.252 e. The van der Waals surface area contributed by atoms with Crippen molar-refractivity contribution in [1.82, 2.24) is 9.97 Å². The molecule has 1 aromatic heterocycles. The third kappa shape index (κ3) is 2.80. The molecule has 0 amide bonds. The Balaban J connectivity index is 1.77. The molecule has 0 aliphatic rings. The van der Waals surface area contributed by atoms with Crippen LogP contribution in [0.4, 0.5) is 0 Å². The van der Waals surface area contributed by atoms with Crippen molar-refractivity contribution in [3.63, 3.8) is 0 Å². The van der Waals surface area contributed by atoms with E-state index in [9.17, 15) is 0 Å². The molecule has 0 bridgehead atoms. The first kappa shape index (κ1) is 14.2. The van der Waals surface area contributed by atoms with Crippen LogP contribution in [-0.2, 0) is 0 Å². The van der Waals surface area contributed by atoms with Crippen molar-refractivity contribution >= 4 is 33.6 Å². The standard InChI is InChI=1S/C20H16N2S/c1-13-7-8-19(14(2)9-13)23-20-12-21-17-10-15-5-3-4-6-16(15)11-18(17)22-20/h3-12H,1-2H3. The molecule has 2 nitrogen and oxygen atoms in total. The normalized spacial score (nSPS) is 11.2. The summed E-state index contributed by atoms with van der Waals surface area (Å²) in [7, 11) is 0. The number of nitrogens with zero attached hydrogens (tertiary/aromatic N) is 2. The van der Waals surface area contributed by atoms with Crippen LogP contribution < -0.4 is 0 Å². The summed E-state index contributed by atoms with van der Waals surface area (Å²) in [5, 5.41) is 3.33. The Labute approximate surface area is 139 Å². The molecule has 0 aliphatic carbocycles. The number of aryl methyl sites for hydroxylation is 2. The Hall–Kier alpha value is -2.39. The highest BCUT2D eigenvalue weighted by molar-refractivity contribution is 7.99. The van der Waals surface area contributed by atoms with Crippen molar-refractivity contribution in [3.8, 4) is 0 Å². The summed E-state index contributed by atoms with van der Waals surface area (Å²) in [6.45, 7) is 4.25. The zero-order chi connectivity index (χ0) is 15.8. The number of rotatable bonds is 2. The van der Waals surface area contributed by atoms with Gasteiger partial charge in [-0.15, -0.1) is 0 Å². The maximum Gasteiger partial charge on any atom is 0.120 e. The van der Waals surface area contributed by atoms with Gasteiger partial charge in [-0.25, -0.2) is 4.98 Å². The predicted molar refractivity (Wildman–Crippen MR) is 97.1 cm³/mol. The highest BCUT2D eigenvalue weighted by atomic mass is 32.2. The van der Waals surface area contributed by atoms with Gasteiger partial charge in [0.2, 0.25) is 0 Å². The number of aromatic nitrogens is 2. The number of fused-ring (bicyclic) bond motifs is 2. The lowest BCUT2D eigenvalue weighted by atomic mass is 10.1. The van der Waals surface area contributed by atoms with Crippen molar-refractivity contribution in [3.05, 3.63) is 71.9 Å². The molecule has 0 spiro atoms. The second kappa shape index (κ2) is 5.67. The minimum Gasteiger partial charge on any atom is -0.252 e. The van der Waals surface area contributed by atoms with E-state index in [1.54, 1.807) is 11.8 Å². The van der Waals surface area contributed by atoms with E-state index in [2.05, 4.69) is 67.4 Å². The van der Waals surface area contributed by atoms with E-state index in [0.29, 0.717) is 0 Å². The van der Waals surface area contributed by atoms with Crippen molar-refractivity contribution in [2.24, 2.45) is 0 Å². The van der Waals surface area contributed by atoms with Crippen LogP contribution in [0.1, 0.15) is 11.1 Å². The fraction of sp³-hybridized carbons (Fsp3) is 0.100. The molecule has 4 rings (SSSR count). The molecule has 0 radical (unpaired) electrons. The van der Waals surface area contributed by atoms with Crippen molar-refractivity contribution in [1.29, 1.82) is 0 Å². The molecule has 0 fully saturated rings. The highest BCUT2D eigenvalue weighted by Crippen LogP contribution is 2.30. The van der Waals surface area contributed by atoms with Crippen molar-refractivity contribution in [2.75, 3.05) is 0 Å². The van der Waals surface area contributed by atoms with E-state index in [4.69, 9.17) is 4.98 Å². The third-order valence-electron chi connectivity index (χ3n) is 3.93. The van der Waals surface area contributed by atoms with Gasteiger partial charge in [0, 0.05) is 4.90 Å². The second-order valence-corrected chi connectivity index (χ2v) is 6.83. The summed E-state index contributed by atoms with van der Waals surface area (Å²) in [5.74, 6) is 0. The Morgan fingerprint density at radius 2 is 1.57 bits per heavy atom. The zero-order valence-electron chi connectivity index (χ0n) is 13.1. The molecule has 1 heterocycles. The van der Waals surface area contributed by atoms with Crippen LogP contribution in [0, 0.1) is 13.8 Å². The molecular formula is C20H16N2S. The van der Waals surface area contributed by atoms with Gasteiger partial charge in [-0.1, -0.05) is 53.7 Å². The number of benzene rings is 3. The zero-order valence-corrected chi connectivity index (χ0v) is 13.9. The summed E-state index contributed by atoms with van der Waals surface area (Å²) in [6.07, 6.45) is 1.86. The van der Waals surface area contributed by atoms with Gasteiger partial charge in [0.15, 0.2) is 0 Å². The fourth-order valence-corrected chi connectivity index (χ4v) is 3.59. The van der Waals surface area contributed by atoms with Gasteiger partial charge < -0.3 is 0 Å². The van der Waals surface area contributed by atoms with Crippen molar-refractivity contribution < 1.29 is 0 Å². The highest BCUT2D eigenvalue weighted by Gasteiger charge is 2.06. The molecule has 0 N–H and O–H groups in total. The Bertz CT molecular complexity index is 1020. The van der Waals surface area contributed by atoms with E-state index >= 15 is 0 Å². The predicted octanol–water partition coefficient (Wildman–Crippen LogP) is 5.55. The SMILES string of the molecule is Cc1ccc(Sc2cnc3cc4ccccc4cc3n2)c(C)c1. The van der Waals surface area contributed by atoms with Gasteiger partial charge in [-0.3, -0.25) is 4.98 Å². The molecule has 112 valence electrons. The van der Waals surface area contributed by atoms with E-state index in [1.807, 2.05) is 12.3 Å². The molecule has 3 heteroatoms. The first-order valence-corrected chi connectivity index (χ1v) is 8.41. The molecule has 23 heavy (non-hydrogen) atoms. The lowest BCUT2D eigenvalue weighted by Crippen LogP contribution is -1.88. The minimum atomic E-state index is 0.930. The monoisotopic (exact) mass is 316 g/mol. The molecular weight excluding hydrogens is 300 g/mol. The van der Waals surface area contributed by atoms with E-state index in [1.165, 1.54) is 26.8 Å². The molecule has 0 aliphatic heterocycles. The Kier molecular flexibility index (Phi) is 3.50. The first-order chi connectivity index (χ1) is 11.2. The number of hydrogen-bond acceptors (Lipinski definition) is 3. The minimum absolute atomic E-state index is 0.930. The molecule has 4 aromatic rings. The summed E-state index contributed by atoms with van der Waals surface area (Å²) in [5.41, 5.74) is 4.44. The van der Waals surface area contributed by atoms with Gasteiger partial charge in [0.1, 0.15) is 5.03 Å². The van der Waals surface area contributed by atoms with E-state index in [0.717, 1.165) is 16.1 Å². The Morgan fingerprint density at radius 3 is 2.30 bits per heavy atom. The maximum atomic E-state index is 4.78. The van der Waals surface area contributed by atoms with E-state index < -0.39 is 0 Å². The van der Waals surface area contributed by atoms with Crippen molar-refractivity contribution in [2.45, 2.75) is 23.8 Å². The summed E-state index contributed by atoms with van der Waals surface area (Å²) in [4.78, 5) is 10.6. The van der Waals surface area contributed by atoms with Gasteiger partial charge in [0.05, 0.1) is 17.2 Å². The second-order valence-electron chi connectivity index (χ2n) is 5.77. The summed E-state index contributed by atoms with van der Waals surface area (Å²) in [6, 6.07) is 19.0. The maximum absolute atomic E-state index is 4.78. The molecule has 0 unspecified atom stereocenters. The Morgan fingerprint density at radius 1 is 0.826 bits per heavy atom. The third-order valence-corrected chi connectivity index (χ3v) is 5.02. The molecule has 0 atom stereocenters. The van der Waals surface area contributed by atoms with Gasteiger partial charge in [0.25, 0.3) is 0 Å². The van der Waals surface area contributed by atoms with Crippen LogP contribution in [0.25, 0.3) is 21.8 Å². The average molecular weight is 316 g/mol. The van der Waals surface area contributed by atoms with Crippen LogP contribution in [0.5, 0.6) is 0 Å². The lowest BCUT2D eigenvalue weighted by molar-refractivity contribution is 1.12. The molecule has 0 saturated heterocycles. The molecule has 0 saturated carbocycles. The van der Waals surface area contributed by atoms with Gasteiger partial charge in [-0.2, -0.15) is 0 Å².